The quantitative estimate of drug-likeness (QED) is 0.309. The molecule has 0 aliphatic carbocycles. The molecule has 1 unspecified atom stereocenters. The van der Waals surface area contributed by atoms with Crippen LogP contribution in [0.4, 0.5) is 0 Å². The van der Waals surface area contributed by atoms with E-state index in [9.17, 15) is 0 Å². The third-order valence-corrected chi connectivity index (χ3v) is 17.1. The van der Waals surface area contributed by atoms with E-state index in [-0.39, 0.29) is 28.5 Å². The van der Waals surface area contributed by atoms with E-state index in [0.717, 1.165) is 17.3 Å². The molecule has 0 radical (unpaired) electrons. The van der Waals surface area contributed by atoms with Gasteiger partial charge in [-0.2, -0.15) is 0 Å². The van der Waals surface area contributed by atoms with E-state index in [1.54, 1.807) is 6.20 Å². The third-order valence-electron chi connectivity index (χ3n) is 7.76. The molecule has 1 fully saturated rings. The van der Waals surface area contributed by atoms with E-state index >= 15 is 0 Å². The van der Waals surface area contributed by atoms with Crippen molar-refractivity contribution in [1.29, 1.82) is 0 Å². The van der Waals surface area contributed by atoms with Gasteiger partial charge in [-0.1, -0.05) is 53.1 Å². The van der Waals surface area contributed by atoms with Crippen molar-refractivity contribution in [3.05, 3.63) is 29.7 Å². The fourth-order valence-corrected chi connectivity index (χ4v) is 6.10. The molecule has 3 heterocycles. The molecule has 3 atom stereocenters. The van der Waals surface area contributed by atoms with Crippen molar-refractivity contribution in [3.63, 3.8) is 0 Å². The van der Waals surface area contributed by atoms with Gasteiger partial charge < -0.3 is 18.2 Å². The first-order chi connectivity index (χ1) is 14.5. The number of hydrogen-bond acceptors (Lipinski definition) is 4. The lowest BCUT2D eigenvalue weighted by molar-refractivity contribution is -0.0380. The van der Waals surface area contributed by atoms with Crippen LogP contribution in [0.1, 0.15) is 54.2 Å². The van der Waals surface area contributed by atoms with Crippen molar-refractivity contribution in [1.82, 2.24) is 9.55 Å². The lowest BCUT2D eigenvalue weighted by atomic mass is 10.2. The number of pyridine rings is 1. The largest absolute Gasteiger partial charge is 0.414 e. The maximum Gasteiger partial charge on any atom is 0.192 e. The predicted octanol–water partition coefficient (Wildman–Crippen LogP) is 7.39. The Hall–Kier alpha value is -0.706. The molecule has 0 aromatic carbocycles. The van der Waals surface area contributed by atoms with Crippen LogP contribution in [0.25, 0.3) is 10.9 Å². The SMILES string of the molecule is CC(C)(C)[Si](C)(C)OC[C@H]1O[C@@H](n2ccc3c(Cl)nccc32)CC1O[Si](C)(C)C(C)(C)C. The third kappa shape index (κ3) is 5.18. The van der Waals surface area contributed by atoms with Crippen LogP contribution in [-0.2, 0) is 13.6 Å². The molecule has 2 aromatic heterocycles. The van der Waals surface area contributed by atoms with E-state index in [4.69, 9.17) is 25.2 Å². The second kappa shape index (κ2) is 8.82. The van der Waals surface area contributed by atoms with E-state index < -0.39 is 16.6 Å². The van der Waals surface area contributed by atoms with Crippen LogP contribution in [0.2, 0.25) is 41.4 Å². The zero-order valence-corrected chi connectivity index (χ0v) is 24.2. The monoisotopic (exact) mass is 496 g/mol. The number of aromatic nitrogens is 2. The van der Waals surface area contributed by atoms with Gasteiger partial charge in [-0.15, -0.1) is 0 Å². The van der Waals surface area contributed by atoms with Crippen LogP contribution in [0, 0.1) is 0 Å². The topological polar surface area (TPSA) is 45.5 Å². The molecule has 0 spiro atoms. The Bertz CT molecular complexity index is 947. The summed E-state index contributed by atoms with van der Waals surface area (Å²) in [7, 11) is -3.86. The zero-order valence-electron chi connectivity index (χ0n) is 21.5. The maximum absolute atomic E-state index is 6.89. The molecular weight excluding hydrogens is 456 g/mol. The summed E-state index contributed by atoms with van der Waals surface area (Å²) in [4.78, 5) is 4.21. The van der Waals surface area contributed by atoms with Gasteiger partial charge in [-0.3, -0.25) is 0 Å². The first kappa shape index (κ1) is 25.9. The van der Waals surface area contributed by atoms with Crippen molar-refractivity contribution in [2.24, 2.45) is 0 Å². The Balaban J connectivity index is 1.87. The van der Waals surface area contributed by atoms with Gasteiger partial charge in [0.15, 0.2) is 16.6 Å². The average molecular weight is 497 g/mol. The molecule has 32 heavy (non-hydrogen) atoms. The minimum absolute atomic E-state index is 0.000388. The summed E-state index contributed by atoms with van der Waals surface area (Å²) in [5.74, 6) is 0. The molecule has 0 amide bonds. The highest BCUT2D eigenvalue weighted by Crippen LogP contribution is 2.43. The second-order valence-corrected chi connectivity index (χ2v) is 22.0. The standard InChI is InChI=1S/C24H41ClN2O3Si2/c1-23(2,3)31(7,8)28-16-20-19(30-32(9,10)24(4,5)6)15-21(29-20)27-14-12-17-18(27)11-13-26-22(17)25/h11-14,19-21H,15-16H2,1-10H3/t19?,20-,21-/m1/s1. The predicted molar refractivity (Wildman–Crippen MR) is 138 cm³/mol. The molecule has 8 heteroatoms. The van der Waals surface area contributed by atoms with E-state index in [1.165, 1.54) is 0 Å². The highest BCUT2D eigenvalue weighted by Gasteiger charge is 2.46. The highest BCUT2D eigenvalue weighted by atomic mass is 35.5. The Morgan fingerprint density at radius 2 is 1.69 bits per heavy atom. The highest BCUT2D eigenvalue weighted by molar-refractivity contribution is 6.74. The van der Waals surface area contributed by atoms with Crippen molar-refractivity contribution >= 4 is 39.1 Å². The Morgan fingerprint density at radius 1 is 1.06 bits per heavy atom. The van der Waals surface area contributed by atoms with Crippen LogP contribution in [-0.4, -0.2) is 45.0 Å². The molecule has 5 nitrogen and oxygen atoms in total. The van der Waals surface area contributed by atoms with Crippen LogP contribution in [0.15, 0.2) is 24.5 Å². The summed E-state index contributed by atoms with van der Waals surface area (Å²) in [5, 5.41) is 1.75. The van der Waals surface area contributed by atoms with Crippen LogP contribution >= 0.6 is 11.6 Å². The maximum atomic E-state index is 6.89. The molecule has 1 aliphatic rings. The van der Waals surface area contributed by atoms with Crippen LogP contribution in [0.3, 0.4) is 0 Å². The van der Waals surface area contributed by atoms with Gasteiger partial charge in [0.2, 0.25) is 0 Å². The summed E-state index contributed by atoms with van der Waals surface area (Å²) in [5.41, 5.74) is 1.03. The number of nitrogens with zero attached hydrogens (tertiary/aromatic N) is 2. The van der Waals surface area contributed by atoms with Gasteiger partial charge in [0.1, 0.15) is 17.5 Å². The number of halogens is 1. The molecule has 180 valence electrons. The van der Waals surface area contributed by atoms with E-state index in [1.807, 2.05) is 18.3 Å². The number of rotatable bonds is 6. The molecular formula is C24H41ClN2O3Si2. The normalized spacial score (nSPS) is 23.3. The lowest BCUT2D eigenvalue weighted by Gasteiger charge is -2.40. The summed E-state index contributed by atoms with van der Waals surface area (Å²) < 4.78 is 22.3. The summed E-state index contributed by atoms with van der Waals surface area (Å²) in [6.07, 6.45) is 4.37. The minimum atomic E-state index is -1.96. The van der Waals surface area contributed by atoms with Crippen molar-refractivity contribution in [2.75, 3.05) is 6.61 Å². The number of fused-ring (bicyclic) bond motifs is 1. The average Bonchev–Trinajstić information content (AvgIpc) is 3.22. The summed E-state index contributed by atoms with van der Waals surface area (Å²) in [6, 6.07) is 4.00. The van der Waals surface area contributed by atoms with E-state index in [0.29, 0.717) is 11.8 Å². The number of ether oxygens (including phenoxy) is 1. The summed E-state index contributed by atoms with van der Waals surface area (Å²) in [6.45, 7) is 23.4. The lowest BCUT2D eigenvalue weighted by Crippen LogP contribution is -2.48. The van der Waals surface area contributed by atoms with Gasteiger partial charge in [-0.05, 0) is 48.4 Å². The van der Waals surface area contributed by atoms with Crippen molar-refractivity contribution in [3.8, 4) is 0 Å². The molecule has 0 saturated carbocycles. The minimum Gasteiger partial charge on any atom is -0.414 e. The second-order valence-electron chi connectivity index (χ2n) is 12.1. The van der Waals surface area contributed by atoms with Crippen LogP contribution < -0.4 is 0 Å². The van der Waals surface area contributed by atoms with Gasteiger partial charge >= 0.3 is 0 Å². The Morgan fingerprint density at radius 3 is 2.28 bits per heavy atom. The first-order valence-electron chi connectivity index (χ1n) is 11.6. The molecule has 1 aliphatic heterocycles. The smallest absolute Gasteiger partial charge is 0.192 e. The molecule has 3 rings (SSSR count). The van der Waals surface area contributed by atoms with E-state index in [2.05, 4.69) is 77.3 Å². The summed E-state index contributed by atoms with van der Waals surface area (Å²) >= 11 is 6.31. The van der Waals surface area contributed by atoms with Gasteiger partial charge in [0.05, 0.1) is 18.2 Å². The fourth-order valence-electron chi connectivity index (χ4n) is 3.51. The van der Waals surface area contributed by atoms with Gasteiger partial charge in [0.25, 0.3) is 0 Å². The fraction of sp³-hybridized carbons (Fsp3) is 0.708. The van der Waals surface area contributed by atoms with Crippen molar-refractivity contribution < 1.29 is 13.6 Å². The Kier molecular flexibility index (Phi) is 7.14. The van der Waals surface area contributed by atoms with Crippen molar-refractivity contribution in [2.45, 2.75) is 103 Å². The first-order valence-corrected chi connectivity index (χ1v) is 17.8. The molecule has 0 bridgehead atoms. The molecule has 0 N–H and O–H groups in total. The zero-order chi connectivity index (χ0) is 24.1. The van der Waals surface area contributed by atoms with Crippen LogP contribution in [0.5, 0.6) is 0 Å². The number of hydrogen-bond donors (Lipinski definition) is 0. The van der Waals surface area contributed by atoms with Gasteiger partial charge in [-0.25, -0.2) is 4.98 Å². The van der Waals surface area contributed by atoms with Gasteiger partial charge in [0, 0.05) is 24.2 Å². The molecule has 1 saturated heterocycles. The molecule has 2 aromatic rings. The Labute approximate surface area is 201 Å².